The molecule has 0 saturated heterocycles. The highest BCUT2D eigenvalue weighted by atomic mass is 16.6. The van der Waals surface area contributed by atoms with Gasteiger partial charge < -0.3 is 25.2 Å². The van der Waals surface area contributed by atoms with Crippen LogP contribution in [0.3, 0.4) is 0 Å². The van der Waals surface area contributed by atoms with Gasteiger partial charge in [0.2, 0.25) is 5.91 Å². The molecule has 134 valence electrons. The molecule has 0 aliphatic rings. The minimum Gasteiger partial charge on any atom is -0.458 e. The van der Waals surface area contributed by atoms with Crippen LogP contribution in [-0.2, 0) is 19.1 Å². The van der Waals surface area contributed by atoms with Crippen LogP contribution in [0.1, 0.15) is 48.0 Å². The van der Waals surface area contributed by atoms with Gasteiger partial charge in [-0.05, 0) is 41.5 Å². The van der Waals surface area contributed by atoms with E-state index in [1.54, 1.807) is 41.5 Å². The van der Waals surface area contributed by atoms with E-state index in [1.165, 1.54) is 7.05 Å². The maximum absolute atomic E-state index is 12.2. The van der Waals surface area contributed by atoms with E-state index in [0.29, 0.717) is 0 Å². The maximum atomic E-state index is 12.2. The lowest BCUT2D eigenvalue weighted by Crippen LogP contribution is -2.49. The number of nitrogens with one attached hydrogen (secondary N) is 2. The van der Waals surface area contributed by atoms with Crippen molar-refractivity contribution in [2.45, 2.75) is 71.3 Å². The zero-order valence-corrected chi connectivity index (χ0v) is 14.9. The molecule has 0 heterocycles. The number of alkyl carbamates (subject to hydrolysis) is 1. The van der Waals surface area contributed by atoms with Crippen LogP contribution in [0.4, 0.5) is 4.79 Å². The van der Waals surface area contributed by atoms with Crippen LogP contribution in [0.15, 0.2) is 0 Å². The summed E-state index contributed by atoms with van der Waals surface area (Å²) in [6.07, 6.45) is -2.63. The third kappa shape index (κ3) is 9.72. The van der Waals surface area contributed by atoms with E-state index in [2.05, 4.69) is 10.6 Å². The summed E-state index contributed by atoms with van der Waals surface area (Å²) in [5, 5.41) is 14.4. The summed E-state index contributed by atoms with van der Waals surface area (Å²) in [6.45, 7) is 10.0. The maximum Gasteiger partial charge on any atom is 0.408 e. The number of esters is 1. The Kier molecular flexibility index (Phi) is 7.50. The quantitative estimate of drug-likeness (QED) is 0.639. The van der Waals surface area contributed by atoms with Crippen molar-refractivity contribution in [1.82, 2.24) is 10.6 Å². The summed E-state index contributed by atoms with van der Waals surface area (Å²) >= 11 is 0. The lowest BCUT2D eigenvalue weighted by Gasteiger charge is -2.27. The number of hydrogen-bond donors (Lipinski definition) is 3. The highest BCUT2D eigenvalue weighted by Gasteiger charge is 2.32. The van der Waals surface area contributed by atoms with Gasteiger partial charge in [0.05, 0.1) is 0 Å². The summed E-state index contributed by atoms with van der Waals surface area (Å²) in [4.78, 5) is 35.4. The molecule has 2 amide bonds. The summed E-state index contributed by atoms with van der Waals surface area (Å²) in [5.41, 5.74) is -1.52. The summed E-state index contributed by atoms with van der Waals surface area (Å²) in [7, 11) is 1.36. The molecule has 0 radical (unpaired) electrons. The topological polar surface area (TPSA) is 114 Å². The molecule has 0 aromatic carbocycles. The van der Waals surface area contributed by atoms with E-state index in [-0.39, 0.29) is 6.42 Å². The Hall–Kier alpha value is -1.83. The van der Waals surface area contributed by atoms with Crippen molar-refractivity contribution in [1.29, 1.82) is 0 Å². The normalized spacial score (nSPS) is 14.4. The second-order valence-electron chi connectivity index (χ2n) is 7.10. The first-order valence-electron chi connectivity index (χ1n) is 7.37. The molecule has 2 atom stereocenters. The number of amides is 2. The van der Waals surface area contributed by atoms with Crippen LogP contribution in [0.25, 0.3) is 0 Å². The highest BCUT2D eigenvalue weighted by molar-refractivity contribution is 5.84. The number of hydrogen-bond acceptors (Lipinski definition) is 6. The first kappa shape index (κ1) is 21.2. The minimum atomic E-state index is -1.47. The van der Waals surface area contributed by atoms with Crippen molar-refractivity contribution in [2.24, 2.45) is 0 Å². The van der Waals surface area contributed by atoms with E-state index < -0.39 is 41.3 Å². The third-order valence-corrected chi connectivity index (χ3v) is 2.39. The molecule has 0 aromatic rings. The average Bonchev–Trinajstić information content (AvgIpc) is 2.32. The Morgan fingerprint density at radius 3 is 1.87 bits per heavy atom. The van der Waals surface area contributed by atoms with E-state index in [9.17, 15) is 19.5 Å². The number of ether oxygens (including phenoxy) is 2. The standard InChI is InChI=1S/C15H28N2O6/c1-14(2,3)22-12(20)9(8-10(18)11(19)16-7)17-13(21)23-15(4,5)6/h9-10,18H,8H2,1-7H3,(H,16,19)(H,17,21)/t9-,10-/m0/s1. The first-order chi connectivity index (χ1) is 10.2. The molecule has 23 heavy (non-hydrogen) atoms. The van der Waals surface area contributed by atoms with Gasteiger partial charge in [0, 0.05) is 13.5 Å². The summed E-state index contributed by atoms with van der Waals surface area (Å²) in [5.74, 6) is -1.42. The molecular formula is C15H28N2O6. The predicted octanol–water partition coefficient (Wildman–Crippen LogP) is 0.718. The van der Waals surface area contributed by atoms with Crippen molar-refractivity contribution in [3.8, 4) is 0 Å². The van der Waals surface area contributed by atoms with Crippen LogP contribution in [0, 0.1) is 0 Å². The van der Waals surface area contributed by atoms with E-state index in [0.717, 1.165) is 0 Å². The van der Waals surface area contributed by atoms with Gasteiger partial charge in [0.1, 0.15) is 23.3 Å². The molecule has 0 rings (SSSR count). The van der Waals surface area contributed by atoms with Gasteiger partial charge in [-0.2, -0.15) is 0 Å². The van der Waals surface area contributed by atoms with Gasteiger partial charge in [0.25, 0.3) is 0 Å². The van der Waals surface area contributed by atoms with Crippen molar-refractivity contribution in [3.63, 3.8) is 0 Å². The number of aliphatic hydroxyl groups is 1. The number of carbonyl (C=O) groups is 3. The molecule has 0 fully saturated rings. The van der Waals surface area contributed by atoms with Gasteiger partial charge in [-0.1, -0.05) is 0 Å². The third-order valence-electron chi connectivity index (χ3n) is 2.39. The van der Waals surface area contributed by atoms with E-state index >= 15 is 0 Å². The fourth-order valence-electron chi connectivity index (χ4n) is 1.53. The molecule has 0 bridgehead atoms. The van der Waals surface area contributed by atoms with E-state index in [1.807, 2.05) is 0 Å². The minimum absolute atomic E-state index is 0.326. The number of aliphatic hydroxyl groups excluding tert-OH is 1. The predicted molar refractivity (Wildman–Crippen MR) is 83.7 cm³/mol. The first-order valence-corrected chi connectivity index (χ1v) is 7.37. The molecule has 8 nitrogen and oxygen atoms in total. The Bertz CT molecular complexity index is 436. The highest BCUT2D eigenvalue weighted by Crippen LogP contribution is 2.12. The molecule has 8 heteroatoms. The second-order valence-corrected chi connectivity index (χ2v) is 7.10. The Morgan fingerprint density at radius 1 is 1.00 bits per heavy atom. The Labute approximate surface area is 136 Å². The SMILES string of the molecule is CNC(=O)[C@@H](O)C[C@H](NC(=O)OC(C)(C)C)C(=O)OC(C)(C)C. The van der Waals surface area contributed by atoms with E-state index in [4.69, 9.17) is 9.47 Å². The molecule has 0 aliphatic heterocycles. The monoisotopic (exact) mass is 332 g/mol. The largest absolute Gasteiger partial charge is 0.458 e. The lowest BCUT2D eigenvalue weighted by molar-refractivity contribution is -0.158. The molecule has 0 saturated carbocycles. The molecule has 0 aromatic heterocycles. The smallest absolute Gasteiger partial charge is 0.408 e. The van der Waals surface area contributed by atoms with Crippen molar-refractivity contribution >= 4 is 18.0 Å². The summed E-state index contributed by atoms with van der Waals surface area (Å²) in [6, 6.07) is -1.21. The molecule has 0 spiro atoms. The molecule has 0 unspecified atom stereocenters. The fraction of sp³-hybridized carbons (Fsp3) is 0.800. The zero-order valence-electron chi connectivity index (χ0n) is 14.9. The number of likely N-dealkylation sites (N-methyl/N-ethyl adjacent to an activating group) is 1. The van der Waals surface area contributed by atoms with Gasteiger partial charge in [0.15, 0.2) is 0 Å². The van der Waals surface area contributed by atoms with Gasteiger partial charge in [-0.15, -0.1) is 0 Å². The van der Waals surface area contributed by atoms with Crippen LogP contribution in [0.5, 0.6) is 0 Å². The molecule has 3 N–H and O–H groups in total. The zero-order chi connectivity index (χ0) is 18.4. The van der Waals surface area contributed by atoms with Crippen LogP contribution in [-0.4, -0.2) is 53.5 Å². The molecular weight excluding hydrogens is 304 g/mol. The number of carbonyl (C=O) groups excluding carboxylic acids is 3. The number of rotatable bonds is 5. The average molecular weight is 332 g/mol. The second kappa shape index (κ2) is 8.14. The van der Waals surface area contributed by atoms with Crippen molar-refractivity contribution in [2.75, 3.05) is 7.05 Å². The van der Waals surface area contributed by atoms with Gasteiger partial charge >= 0.3 is 12.1 Å². The summed E-state index contributed by atoms with van der Waals surface area (Å²) < 4.78 is 10.3. The molecule has 0 aliphatic carbocycles. The van der Waals surface area contributed by atoms with Crippen molar-refractivity contribution in [3.05, 3.63) is 0 Å². The van der Waals surface area contributed by atoms with Gasteiger partial charge in [-0.3, -0.25) is 4.79 Å². The van der Waals surface area contributed by atoms with Crippen LogP contribution < -0.4 is 10.6 Å². The Balaban J connectivity index is 5.03. The van der Waals surface area contributed by atoms with Crippen LogP contribution >= 0.6 is 0 Å². The van der Waals surface area contributed by atoms with Crippen molar-refractivity contribution < 1.29 is 29.0 Å². The fourth-order valence-corrected chi connectivity index (χ4v) is 1.53. The Morgan fingerprint density at radius 2 is 1.48 bits per heavy atom. The van der Waals surface area contributed by atoms with Crippen LogP contribution in [0.2, 0.25) is 0 Å². The van der Waals surface area contributed by atoms with Gasteiger partial charge in [-0.25, -0.2) is 9.59 Å². The lowest BCUT2D eigenvalue weighted by atomic mass is 10.1.